The van der Waals surface area contributed by atoms with Crippen molar-refractivity contribution < 1.29 is 22.6 Å². The molecule has 0 fully saturated rings. The molecular formula is C23H15F3N4O2. The number of hydrogen-bond acceptors (Lipinski definition) is 5. The van der Waals surface area contributed by atoms with Gasteiger partial charge in [0.15, 0.2) is 6.10 Å². The average molecular weight is 436 g/mol. The minimum absolute atomic E-state index is 0.230. The van der Waals surface area contributed by atoms with Gasteiger partial charge in [0.1, 0.15) is 12.4 Å². The van der Waals surface area contributed by atoms with Crippen molar-refractivity contribution in [3.8, 4) is 29.1 Å². The van der Waals surface area contributed by atoms with Crippen molar-refractivity contribution in [2.45, 2.75) is 18.8 Å². The molecule has 1 aliphatic heterocycles. The summed E-state index contributed by atoms with van der Waals surface area (Å²) in [4.78, 5) is 8.71. The quantitative estimate of drug-likeness (QED) is 0.458. The summed E-state index contributed by atoms with van der Waals surface area (Å²) in [5.74, 6) is 0.525. The van der Waals surface area contributed by atoms with Crippen LogP contribution in [0.25, 0.3) is 22.3 Å². The summed E-state index contributed by atoms with van der Waals surface area (Å²) in [7, 11) is 0. The summed E-state index contributed by atoms with van der Waals surface area (Å²) in [5.41, 5.74) is 2.58. The molecule has 2 aromatic heterocycles. The topological polar surface area (TPSA) is 73.0 Å². The molecule has 0 amide bonds. The summed E-state index contributed by atoms with van der Waals surface area (Å²) >= 11 is 0. The lowest BCUT2D eigenvalue weighted by atomic mass is 10.1. The van der Waals surface area contributed by atoms with Gasteiger partial charge in [0.05, 0.1) is 46.7 Å². The van der Waals surface area contributed by atoms with Gasteiger partial charge < -0.3 is 9.47 Å². The Labute approximate surface area is 180 Å². The molecule has 0 saturated carbocycles. The number of pyridine rings is 1. The number of aromatic nitrogens is 3. The molecule has 0 bridgehead atoms. The van der Waals surface area contributed by atoms with E-state index < -0.39 is 11.7 Å². The first-order valence-corrected chi connectivity index (χ1v) is 9.74. The molecule has 0 aliphatic carbocycles. The molecular weight excluding hydrogens is 421 g/mol. The Hall–Kier alpha value is -4.06. The van der Waals surface area contributed by atoms with Crippen LogP contribution in [0.2, 0.25) is 0 Å². The van der Waals surface area contributed by atoms with E-state index >= 15 is 0 Å². The number of fused-ring (bicyclic) bond motifs is 3. The normalized spacial score (nSPS) is 15.2. The van der Waals surface area contributed by atoms with Crippen LogP contribution in [0, 0.1) is 11.3 Å². The molecule has 5 rings (SSSR count). The van der Waals surface area contributed by atoms with Gasteiger partial charge in [-0.05, 0) is 42.5 Å². The standard InChI is InChI=1S/C23H15F3N4O2/c24-23(25,26)16-4-2-15(3-5-16)19-7-6-17(11-28-19)31-13-18-12-30-21-8-1-14(10-27)9-20(21)29-22(30)32-18/h1-9,11,18H,12-13H2/t18-/m0/s1. The highest BCUT2D eigenvalue weighted by Gasteiger charge is 2.30. The third-order valence-corrected chi connectivity index (χ3v) is 5.18. The molecule has 0 N–H and O–H groups in total. The number of benzene rings is 2. The Morgan fingerprint density at radius 1 is 1.12 bits per heavy atom. The Balaban J connectivity index is 1.21. The molecule has 160 valence electrons. The van der Waals surface area contributed by atoms with Crippen LogP contribution in [0.5, 0.6) is 11.8 Å². The van der Waals surface area contributed by atoms with E-state index in [1.807, 2.05) is 10.6 Å². The molecule has 6 nitrogen and oxygen atoms in total. The van der Waals surface area contributed by atoms with Crippen molar-refractivity contribution in [3.63, 3.8) is 0 Å². The zero-order valence-corrected chi connectivity index (χ0v) is 16.5. The number of hydrogen-bond donors (Lipinski definition) is 0. The summed E-state index contributed by atoms with van der Waals surface area (Å²) in [5, 5.41) is 9.01. The van der Waals surface area contributed by atoms with Gasteiger partial charge in [-0.3, -0.25) is 9.55 Å². The lowest BCUT2D eigenvalue weighted by molar-refractivity contribution is -0.137. The van der Waals surface area contributed by atoms with Crippen LogP contribution in [0.1, 0.15) is 11.1 Å². The first kappa shape index (κ1) is 19.9. The number of halogens is 3. The van der Waals surface area contributed by atoms with Crippen molar-refractivity contribution in [1.29, 1.82) is 5.26 Å². The Bertz CT molecular complexity index is 1320. The molecule has 1 aliphatic rings. The van der Waals surface area contributed by atoms with Crippen LogP contribution in [0.4, 0.5) is 13.2 Å². The second-order valence-electron chi connectivity index (χ2n) is 7.33. The first-order valence-electron chi connectivity index (χ1n) is 9.74. The highest BCUT2D eigenvalue weighted by Crippen LogP contribution is 2.31. The summed E-state index contributed by atoms with van der Waals surface area (Å²) in [6, 6.07) is 16.2. The average Bonchev–Trinajstić information content (AvgIpc) is 3.34. The Morgan fingerprint density at radius 3 is 2.62 bits per heavy atom. The predicted molar refractivity (Wildman–Crippen MR) is 109 cm³/mol. The molecule has 0 unspecified atom stereocenters. The van der Waals surface area contributed by atoms with Gasteiger partial charge in [-0.25, -0.2) is 0 Å². The van der Waals surface area contributed by atoms with Crippen molar-refractivity contribution in [2.75, 3.05) is 6.61 Å². The maximum Gasteiger partial charge on any atom is 0.416 e. The van der Waals surface area contributed by atoms with Crippen LogP contribution in [0.3, 0.4) is 0 Å². The molecule has 0 radical (unpaired) electrons. The van der Waals surface area contributed by atoms with E-state index in [4.69, 9.17) is 14.7 Å². The Morgan fingerprint density at radius 2 is 1.94 bits per heavy atom. The molecule has 9 heteroatoms. The fraction of sp³-hybridized carbons (Fsp3) is 0.174. The second-order valence-corrected chi connectivity index (χ2v) is 7.33. The molecule has 3 heterocycles. The maximum atomic E-state index is 12.7. The van der Waals surface area contributed by atoms with Gasteiger partial charge in [0.2, 0.25) is 0 Å². The van der Waals surface area contributed by atoms with Crippen LogP contribution in [-0.4, -0.2) is 27.2 Å². The van der Waals surface area contributed by atoms with Crippen LogP contribution in [-0.2, 0) is 12.7 Å². The minimum Gasteiger partial charge on any atom is -0.488 e. The summed E-state index contributed by atoms with van der Waals surface area (Å²) in [6.45, 7) is 0.844. The highest BCUT2D eigenvalue weighted by molar-refractivity contribution is 5.78. The second kappa shape index (κ2) is 7.57. The number of imidazole rings is 1. The van der Waals surface area contributed by atoms with Crippen molar-refractivity contribution in [1.82, 2.24) is 14.5 Å². The summed E-state index contributed by atoms with van der Waals surface area (Å²) in [6.07, 6.45) is -3.07. The molecule has 32 heavy (non-hydrogen) atoms. The van der Waals surface area contributed by atoms with E-state index in [9.17, 15) is 13.2 Å². The lowest BCUT2D eigenvalue weighted by Crippen LogP contribution is -2.23. The molecule has 1 atom stereocenters. The Kier molecular flexibility index (Phi) is 4.70. The van der Waals surface area contributed by atoms with E-state index in [1.165, 1.54) is 18.3 Å². The fourth-order valence-electron chi connectivity index (χ4n) is 3.58. The number of nitrogens with zero attached hydrogens (tertiary/aromatic N) is 4. The SMILES string of the molecule is N#Cc1ccc2c(c1)nc1n2C[C@@H](COc2ccc(-c3ccc(C(F)(F)F)cc3)nc2)O1. The number of rotatable bonds is 4. The van der Waals surface area contributed by atoms with Crippen LogP contribution >= 0.6 is 0 Å². The lowest BCUT2D eigenvalue weighted by Gasteiger charge is -2.12. The predicted octanol–water partition coefficient (Wildman–Crippen LogP) is 4.83. The number of ether oxygens (including phenoxy) is 2. The van der Waals surface area contributed by atoms with E-state index in [0.29, 0.717) is 40.6 Å². The monoisotopic (exact) mass is 436 g/mol. The highest BCUT2D eigenvalue weighted by atomic mass is 19.4. The van der Waals surface area contributed by atoms with E-state index in [1.54, 1.807) is 24.3 Å². The van der Waals surface area contributed by atoms with Crippen molar-refractivity contribution in [3.05, 3.63) is 71.9 Å². The van der Waals surface area contributed by atoms with Gasteiger partial charge >= 0.3 is 6.18 Å². The third-order valence-electron chi connectivity index (χ3n) is 5.18. The van der Waals surface area contributed by atoms with Gasteiger partial charge in [-0.15, -0.1) is 0 Å². The molecule has 4 aromatic rings. The van der Waals surface area contributed by atoms with Crippen molar-refractivity contribution in [2.24, 2.45) is 0 Å². The largest absolute Gasteiger partial charge is 0.488 e. The van der Waals surface area contributed by atoms with Crippen molar-refractivity contribution >= 4 is 11.0 Å². The fourth-order valence-corrected chi connectivity index (χ4v) is 3.58. The van der Waals surface area contributed by atoms with E-state index in [0.717, 1.165) is 17.6 Å². The first-order chi connectivity index (χ1) is 15.4. The number of nitriles is 1. The molecule has 0 spiro atoms. The molecule has 0 saturated heterocycles. The van der Waals surface area contributed by atoms with E-state index in [-0.39, 0.29) is 12.7 Å². The smallest absolute Gasteiger partial charge is 0.416 e. The van der Waals surface area contributed by atoms with E-state index in [2.05, 4.69) is 16.0 Å². The van der Waals surface area contributed by atoms with Gasteiger partial charge in [0, 0.05) is 5.56 Å². The van der Waals surface area contributed by atoms with Gasteiger partial charge in [0.25, 0.3) is 6.01 Å². The number of alkyl halides is 3. The minimum atomic E-state index is -4.37. The summed E-state index contributed by atoms with van der Waals surface area (Å²) < 4.78 is 51.7. The zero-order valence-electron chi connectivity index (χ0n) is 16.5. The third kappa shape index (κ3) is 3.71. The van der Waals surface area contributed by atoms with Crippen LogP contribution in [0.15, 0.2) is 60.8 Å². The van der Waals surface area contributed by atoms with Crippen LogP contribution < -0.4 is 9.47 Å². The van der Waals surface area contributed by atoms with Gasteiger partial charge in [-0.1, -0.05) is 12.1 Å². The molecule has 2 aromatic carbocycles. The zero-order chi connectivity index (χ0) is 22.3. The van der Waals surface area contributed by atoms with Gasteiger partial charge in [-0.2, -0.15) is 23.4 Å². The maximum absolute atomic E-state index is 12.7.